The van der Waals surface area contributed by atoms with Crippen LogP contribution in [0.2, 0.25) is 0 Å². The summed E-state index contributed by atoms with van der Waals surface area (Å²) in [6.45, 7) is 3.62. The van der Waals surface area contributed by atoms with E-state index in [-0.39, 0.29) is 25.2 Å². The third kappa shape index (κ3) is 9.71. The number of nitrogens with two attached hydrogens (primary N) is 2. The van der Waals surface area contributed by atoms with Crippen molar-refractivity contribution >= 4 is 29.6 Å². The fourth-order valence-corrected chi connectivity index (χ4v) is 3.48. The fraction of sp³-hybridized carbons (Fsp3) is 0.500. The van der Waals surface area contributed by atoms with Crippen molar-refractivity contribution in [1.82, 2.24) is 35.9 Å². The average Bonchev–Trinajstić information content (AvgIpc) is 3.51. The minimum atomic E-state index is -1.56. The van der Waals surface area contributed by atoms with Gasteiger partial charge in [0.2, 0.25) is 23.6 Å². The lowest BCUT2D eigenvalue weighted by molar-refractivity contribution is -0.143. The molecule has 4 unspecified atom stereocenters. The summed E-state index contributed by atoms with van der Waals surface area (Å²) in [4.78, 5) is 75.0. The summed E-state index contributed by atoms with van der Waals surface area (Å²) in [5, 5.41) is 16.7. The number of hydrogen-bond acceptors (Lipinski definition) is 8. The summed E-state index contributed by atoms with van der Waals surface area (Å²) in [6, 6.07) is -4.83. The number of rotatable bonds is 15. The standard InChI is InChI=1S/C22H33N9O6/c1-11(2)3-15(20(34)31-17(22(36)37)6-18(24)32)30-21(35)16(5-13-8-26-10-28-13)29-19(33)14(23)4-12-7-25-9-27-12/h7-11,14-17H,3-6,23H2,1-2H3,(H2,24,32)(H,25,27)(H,26,28)(H,29,33)(H,30,35)(H,31,34)(H,36,37). The molecule has 37 heavy (non-hydrogen) atoms. The van der Waals surface area contributed by atoms with E-state index in [1.165, 1.54) is 25.0 Å². The normalized spacial score (nSPS) is 14.3. The van der Waals surface area contributed by atoms with Crippen molar-refractivity contribution in [2.24, 2.45) is 17.4 Å². The molecule has 0 aliphatic carbocycles. The van der Waals surface area contributed by atoms with Crippen LogP contribution in [0.3, 0.4) is 0 Å². The highest BCUT2D eigenvalue weighted by Gasteiger charge is 2.31. The van der Waals surface area contributed by atoms with Crippen molar-refractivity contribution in [1.29, 1.82) is 0 Å². The summed E-state index contributed by atoms with van der Waals surface area (Å²) in [5.41, 5.74) is 12.2. The van der Waals surface area contributed by atoms with Crippen LogP contribution in [0.1, 0.15) is 38.1 Å². The molecule has 4 atom stereocenters. The lowest BCUT2D eigenvalue weighted by Gasteiger charge is -2.25. The number of H-pyrrole nitrogens is 2. The van der Waals surface area contributed by atoms with Gasteiger partial charge in [-0.25, -0.2) is 14.8 Å². The van der Waals surface area contributed by atoms with E-state index in [1.807, 2.05) is 13.8 Å². The van der Waals surface area contributed by atoms with Gasteiger partial charge in [0.05, 0.1) is 25.1 Å². The number of aromatic nitrogens is 4. The Morgan fingerprint density at radius 2 is 1.38 bits per heavy atom. The highest BCUT2D eigenvalue weighted by Crippen LogP contribution is 2.08. The van der Waals surface area contributed by atoms with Crippen LogP contribution in [-0.2, 0) is 36.8 Å². The van der Waals surface area contributed by atoms with E-state index in [1.54, 1.807) is 0 Å². The Morgan fingerprint density at radius 1 is 0.865 bits per heavy atom. The van der Waals surface area contributed by atoms with Crippen LogP contribution in [0.4, 0.5) is 0 Å². The number of nitrogens with zero attached hydrogens (tertiary/aromatic N) is 2. The Morgan fingerprint density at radius 3 is 1.86 bits per heavy atom. The Labute approximate surface area is 212 Å². The first-order valence-electron chi connectivity index (χ1n) is 11.6. The summed E-state index contributed by atoms with van der Waals surface area (Å²) < 4.78 is 0. The molecule has 15 heteroatoms. The Hall–Kier alpha value is -4.27. The molecule has 0 fully saturated rings. The van der Waals surface area contributed by atoms with E-state index in [0.29, 0.717) is 11.4 Å². The van der Waals surface area contributed by atoms with Gasteiger partial charge >= 0.3 is 5.97 Å². The van der Waals surface area contributed by atoms with Crippen LogP contribution < -0.4 is 27.4 Å². The van der Waals surface area contributed by atoms with Crippen LogP contribution >= 0.6 is 0 Å². The SMILES string of the molecule is CC(C)CC(NC(=O)C(Cc1cnc[nH]1)NC(=O)C(N)Cc1cnc[nH]1)C(=O)NC(CC(N)=O)C(=O)O. The van der Waals surface area contributed by atoms with Gasteiger partial charge in [0.25, 0.3) is 0 Å². The molecule has 0 bridgehead atoms. The molecule has 2 aromatic rings. The number of imidazole rings is 2. The maximum Gasteiger partial charge on any atom is 0.326 e. The van der Waals surface area contributed by atoms with Crippen LogP contribution in [0, 0.1) is 5.92 Å². The van der Waals surface area contributed by atoms with Crippen LogP contribution in [-0.4, -0.2) is 78.8 Å². The topological polar surface area (TPSA) is 251 Å². The van der Waals surface area contributed by atoms with Gasteiger partial charge in [-0.15, -0.1) is 0 Å². The van der Waals surface area contributed by atoms with E-state index in [4.69, 9.17) is 11.5 Å². The molecule has 10 N–H and O–H groups in total. The van der Waals surface area contributed by atoms with E-state index in [9.17, 15) is 29.1 Å². The van der Waals surface area contributed by atoms with Gasteiger partial charge in [-0.3, -0.25) is 19.2 Å². The van der Waals surface area contributed by atoms with Crippen LogP contribution in [0.15, 0.2) is 25.0 Å². The molecule has 2 rings (SSSR count). The molecule has 2 aromatic heterocycles. The quantitative estimate of drug-likeness (QED) is 0.126. The number of carbonyl (C=O) groups is 5. The second-order valence-electron chi connectivity index (χ2n) is 8.99. The molecule has 0 aromatic carbocycles. The molecule has 0 spiro atoms. The lowest BCUT2D eigenvalue weighted by atomic mass is 10.0. The van der Waals surface area contributed by atoms with Crippen molar-refractivity contribution in [3.63, 3.8) is 0 Å². The number of carboxylic acids is 1. The number of amides is 4. The van der Waals surface area contributed by atoms with Gasteiger partial charge in [-0.1, -0.05) is 13.8 Å². The third-order valence-corrected chi connectivity index (χ3v) is 5.30. The zero-order valence-electron chi connectivity index (χ0n) is 20.6. The monoisotopic (exact) mass is 519 g/mol. The molecule has 202 valence electrons. The van der Waals surface area contributed by atoms with Gasteiger partial charge < -0.3 is 42.5 Å². The molecule has 0 saturated carbocycles. The molecule has 2 heterocycles. The summed E-state index contributed by atoms with van der Waals surface area (Å²) >= 11 is 0. The van der Waals surface area contributed by atoms with Crippen molar-refractivity contribution in [3.05, 3.63) is 36.4 Å². The summed E-state index contributed by atoms with van der Waals surface area (Å²) in [6.07, 6.45) is 5.59. The minimum Gasteiger partial charge on any atom is -0.480 e. The number of carboxylic acid groups (broad SMARTS) is 1. The number of carbonyl (C=O) groups excluding carboxylic acids is 4. The van der Waals surface area contributed by atoms with E-state index in [2.05, 4.69) is 35.9 Å². The number of aromatic amines is 2. The van der Waals surface area contributed by atoms with Crippen molar-refractivity contribution < 1.29 is 29.1 Å². The second-order valence-corrected chi connectivity index (χ2v) is 8.99. The molecule has 4 amide bonds. The van der Waals surface area contributed by atoms with Gasteiger partial charge in [-0.2, -0.15) is 0 Å². The lowest BCUT2D eigenvalue weighted by Crippen LogP contribution is -2.58. The zero-order valence-corrected chi connectivity index (χ0v) is 20.6. The fourth-order valence-electron chi connectivity index (χ4n) is 3.48. The summed E-state index contributed by atoms with van der Waals surface area (Å²) in [5.74, 6) is -4.54. The van der Waals surface area contributed by atoms with Crippen molar-refractivity contribution in [2.45, 2.75) is 63.7 Å². The third-order valence-electron chi connectivity index (χ3n) is 5.30. The molecular weight excluding hydrogens is 486 g/mol. The number of aliphatic carboxylic acids is 1. The molecular formula is C22H33N9O6. The second kappa shape index (κ2) is 13.7. The van der Waals surface area contributed by atoms with Crippen LogP contribution in [0.5, 0.6) is 0 Å². The predicted octanol–water partition coefficient (Wildman–Crippen LogP) is -2.29. The smallest absolute Gasteiger partial charge is 0.326 e. The zero-order chi connectivity index (χ0) is 27.5. The first-order valence-corrected chi connectivity index (χ1v) is 11.6. The minimum absolute atomic E-state index is 0.0177. The number of hydrogen-bond donors (Lipinski definition) is 8. The largest absolute Gasteiger partial charge is 0.480 e. The molecule has 0 saturated heterocycles. The Kier molecular flexibility index (Phi) is 10.7. The molecule has 0 aliphatic heterocycles. The van der Waals surface area contributed by atoms with Gasteiger partial charge in [0.15, 0.2) is 0 Å². The first-order chi connectivity index (χ1) is 17.5. The van der Waals surface area contributed by atoms with E-state index < -0.39 is 60.2 Å². The van der Waals surface area contributed by atoms with Gasteiger partial charge in [0, 0.05) is 36.6 Å². The molecule has 0 aliphatic rings. The first kappa shape index (κ1) is 29.0. The molecule has 0 radical (unpaired) electrons. The highest BCUT2D eigenvalue weighted by molar-refractivity contribution is 5.95. The predicted molar refractivity (Wildman–Crippen MR) is 129 cm³/mol. The van der Waals surface area contributed by atoms with Crippen molar-refractivity contribution in [3.8, 4) is 0 Å². The van der Waals surface area contributed by atoms with E-state index in [0.717, 1.165) is 0 Å². The maximum atomic E-state index is 13.3. The van der Waals surface area contributed by atoms with Crippen molar-refractivity contribution in [2.75, 3.05) is 0 Å². The van der Waals surface area contributed by atoms with Crippen LogP contribution in [0.25, 0.3) is 0 Å². The average molecular weight is 520 g/mol. The summed E-state index contributed by atoms with van der Waals surface area (Å²) in [7, 11) is 0. The molecule has 15 nitrogen and oxygen atoms in total. The Bertz CT molecular complexity index is 1050. The maximum absolute atomic E-state index is 13.3. The van der Waals surface area contributed by atoms with E-state index >= 15 is 0 Å². The van der Waals surface area contributed by atoms with Gasteiger partial charge in [-0.05, 0) is 12.3 Å². The number of primary amides is 1. The van der Waals surface area contributed by atoms with Gasteiger partial charge in [0.1, 0.15) is 18.1 Å². The highest BCUT2D eigenvalue weighted by atomic mass is 16.4. The Balaban J connectivity index is 2.17. The number of nitrogens with one attached hydrogen (secondary N) is 5.